The van der Waals surface area contributed by atoms with Crippen molar-refractivity contribution in [3.63, 3.8) is 0 Å². The number of carbonyl (C=O) groups excluding carboxylic acids is 1. The second-order valence-electron chi connectivity index (χ2n) is 6.23. The average molecular weight is 373 g/mol. The number of nitrogens with two attached hydrogens (primary N) is 1. The quantitative estimate of drug-likeness (QED) is 0.715. The number of nitrogen functional groups attached to an aromatic ring is 1. The van der Waals surface area contributed by atoms with Gasteiger partial charge in [0.15, 0.2) is 5.82 Å². The minimum Gasteiger partial charge on any atom is -0.384 e. The van der Waals surface area contributed by atoms with Crippen LogP contribution in [0.3, 0.4) is 0 Å². The van der Waals surface area contributed by atoms with Crippen LogP contribution >= 0.6 is 0 Å². The Kier molecular flexibility index (Phi) is 8.65. The van der Waals surface area contributed by atoms with Crippen LogP contribution in [-0.4, -0.2) is 34.8 Å². The minimum absolute atomic E-state index is 0.166. The Morgan fingerprint density at radius 2 is 1.93 bits per heavy atom. The first-order valence-electron chi connectivity index (χ1n) is 9.37. The maximum Gasteiger partial charge on any atom is 0.156 e. The summed E-state index contributed by atoms with van der Waals surface area (Å²) in [5.74, 6) is 2.04. The van der Waals surface area contributed by atoms with E-state index in [9.17, 15) is 4.79 Å². The molecule has 0 aliphatic rings. The molecule has 2 rings (SSSR count). The molecule has 2 aromatic rings. The monoisotopic (exact) mass is 372 g/mol. The van der Waals surface area contributed by atoms with Crippen molar-refractivity contribution < 1.29 is 4.79 Å². The van der Waals surface area contributed by atoms with Crippen molar-refractivity contribution in [1.29, 1.82) is 0 Å². The van der Waals surface area contributed by atoms with E-state index >= 15 is 0 Å². The zero-order chi connectivity index (χ0) is 20.6. The molecule has 0 bridgehead atoms. The molecule has 7 nitrogen and oxygen atoms in total. The molecule has 0 aromatic carbocycles. The molecule has 0 amide bonds. The number of aryl methyl sites for hydroxylation is 1. The van der Waals surface area contributed by atoms with Crippen LogP contribution in [0.15, 0.2) is 18.3 Å². The second-order valence-corrected chi connectivity index (χ2v) is 6.23. The van der Waals surface area contributed by atoms with E-state index in [1.165, 1.54) is 0 Å². The van der Waals surface area contributed by atoms with Crippen molar-refractivity contribution >= 4 is 23.6 Å². The van der Waals surface area contributed by atoms with Gasteiger partial charge in [-0.05, 0) is 25.8 Å². The van der Waals surface area contributed by atoms with E-state index in [0.29, 0.717) is 17.5 Å². The van der Waals surface area contributed by atoms with Crippen LogP contribution in [0, 0.1) is 6.92 Å². The Balaban J connectivity index is 0.00000176. The van der Waals surface area contributed by atoms with E-state index < -0.39 is 0 Å². The number of carbonyl (C=O) groups is 1. The zero-order valence-electron chi connectivity index (χ0n) is 17.4. The molecule has 0 fully saturated rings. The first kappa shape index (κ1) is 22.3. The van der Waals surface area contributed by atoms with Crippen LogP contribution < -0.4 is 16.0 Å². The molecule has 0 aliphatic carbocycles. The maximum atomic E-state index is 11.4. The number of nitrogens with zero attached hydrogens (tertiary/aromatic N) is 4. The van der Waals surface area contributed by atoms with Crippen LogP contribution in [0.5, 0.6) is 0 Å². The van der Waals surface area contributed by atoms with Crippen LogP contribution in [0.2, 0.25) is 0 Å². The van der Waals surface area contributed by atoms with E-state index in [2.05, 4.69) is 34.1 Å². The van der Waals surface area contributed by atoms with Crippen molar-refractivity contribution in [3.05, 3.63) is 35.4 Å². The van der Waals surface area contributed by atoms with Crippen LogP contribution in [-0.2, 0) is 4.79 Å². The Morgan fingerprint density at radius 3 is 2.44 bits per heavy atom. The summed E-state index contributed by atoms with van der Waals surface area (Å²) in [7, 11) is 1.84. The summed E-state index contributed by atoms with van der Waals surface area (Å²) in [5, 5.41) is 3.20. The summed E-state index contributed by atoms with van der Waals surface area (Å²) in [6, 6.07) is 3.59. The molecule has 0 saturated carbocycles. The second kappa shape index (κ2) is 10.4. The molecule has 0 aliphatic heterocycles. The Labute approximate surface area is 162 Å². The Morgan fingerprint density at radius 1 is 1.26 bits per heavy atom. The van der Waals surface area contributed by atoms with E-state index in [1.54, 1.807) is 6.20 Å². The number of aldehydes is 1. The largest absolute Gasteiger partial charge is 0.384 e. The molecule has 7 heteroatoms. The van der Waals surface area contributed by atoms with Crippen molar-refractivity contribution in [2.45, 2.75) is 53.5 Å². The number of nitrogens with one attached hydrogen (secondary N) is 1. The van der Waals surface area contributed by atoms with Gasteiger partial charge >= 0.3 is 0 Å². The normalized spacial score (nSPS) is 11.4. The molecule has 3 N–H and O–H groups in total. The lowest BCUT2D eigenvalue weighted by Gasteiger charge is -2.31. The number of anilines is 3. The van der Waals surface area contributed by atoms with Crippen LogP contribution in [0.4, 0.5) is 17.3 Å². The van der Waals surface area contributed by atoms with E-state index in [4.69, 9.17) is 5.73 Å². The lowest BCUT2D eigenvalue weighted by Crippen LogP contribution is -2.31. The number of rotatable bonds is 7. The number of hydrogen-bond donors (Lipinski definition) is 2. The predicted molar refractivity (Wildman–Crippen MR) is 112 cm³/mol. The Bertz CT molecular complexity index is 747. The molecule has 0 spiro atoms. The van der Waals surface area contributed by atoms with Crippen molar-refractivity contribution in [2.75, 3.05) is 29.5 Å². The molecule has 148 valence electrons. The fourth-order valence-corrected chi connectivity index (χ4v) is 2.90. The number of pyridine rings is 1. The molecular formula is C20H32N6O. The lowest BCUT2D eigenvalue weighted by molar-refractivity contribution is -0.106. The molecule has 1 atom stereocenters. The summed E-state index contributed by atoms with van der Waals surface area (Å²) in [4.78, 5) is 26.6. The summed E-state index contributed by atoms with van der Waals surface area (Å²) < 4.78 is 0. The SMILES string of the molecule is CC.CNc1c(C(C)C)nc(C)nc1N(CC=O)C(C)c1cccnc1N. The van der Waals surface area contributed by atoms with Crippen LogP contribution in [0.25, 0.3) is 0 Å². The summed E-state index contributed by atoms with van der Waals surface area (Å²) in [5.41, 5.74) is 8.65. The van der Waals surface area contributed by atoms with Crippen molar-refractivity contribution in [1.82, 2.24) is 15.0 Å². The van der Waals surface area contributed by atoms with E-state index in [0.717, 1.165) is 23.2 Å². The Hall–Kier alpha value is -2.70. The first-order chi connectivity index (χ1) is 12.9. The molecule has 2 aromatic heterocycles. The number of hydrogen-bond acceptors (Lipinski definition) is 7. The van der Waals surface area contributed by atoms with Gasteiger partial charge < -0.3 is 20.7 Å². The van der Waals surface area contributed by atoms with Gasteiger partial charge in [0.1, 0.15) is 17.9 Å². The van der Waals surface area contributed by atoms with Gasteiger partial charge in [-0.1, -0.05) is 33.8 Å². The van der Waals surface area contributed by atoms with Gasteiger partial charge in [0, 0.05) is 18.8 Å². The molecule has 2 heterocycles. The third kappa shape index (κ3) is 5.15. The zero-order valence-corrected chi connectivity index (χ0v) is 17.4. The highest BCUT2D eigenvalue weighted by Gasteiger charge is 2.25. The summed E-state index contributed by atoms with van der Waals surface area (Å²) in [6.07, 6.45) is 2.52. The lowest BCUT2D eigenvalue weighted by atomic mass is 10.1. The molecule has 1 unspecified atom stereocenters. The summed E-state index contributed by atoms with van der Waals surface area (Å²) >= 11 is 0. The van der Waals surface area contributed by atoms with Gasteiger partial charge in [0.25, 0.3) is 0 Å². The highest BCUT2D eigenvalue weighted by atomic mass is 16.1. The van der Waals surface area contributed by atoms with Gasteiger partial charge in [-0.25, -0.2) is 15.0 Å². The highest BCUT2D eigenvalue weighted by molar-refractivity contribution is 5.73. The fourth-order valence-electron chi connectivity index (χ4n) is 2.90. The molecule has 27 heavy (non-hydrogen) atoms. The van der Waals surface area contributed by atoms with Crippen molar-refractivity contribution in [3.8, 4) is 0 Å². The topological polar surface area (TPSA) is 97.0 Å². The third-order valence-corrected chi connectivity index (χ3v) is 4.16. The minimum atomic E-state index is -0.166. The van der Waals surface area contributed by atoms with Gasteiger partial charge in [-0.3, -0.25) is 0 Å². The average Bonchev–Trinajstić information content (AvgIpc) is 2.66. The predicted octanol–water partition coefficient (Wildman–Crippen LogP) is 3.72. The van der Waals surface area contributed by atoms with Gasteiger partial charge in [-0.15, -0.1) is 0 Å². The van der Waals surface area contributed by atoms with Gasteiger partial charge in [0.05, 0.1) is 24.0 Å². The number of aromatic nitrogens is 3. The standard InChI is InChI=1S/C18H26N6O.C2H6/c1-11(2)15-16(20-5)18(23-13(4)22-15)24(9-10-25)12(3)14-7-6-8-21-17(14)19;1-2/h6-8,10-12,20H,9H2,1-5H3,(H2,19,21);1-2H3. The fraction of sp³-hybridized carbons (Fsp3) is 0.500. The van der Waals surface area contributed by atoms with E-state index in [1.807, 2.05) is 51.8 Å². The maximum absolute atomic E-state index is 11.4. The van der Waals surface area contributed by atoms with E-state index in [-0.39, 0.29) is 18.5 Å². The van der Waals surface area contributed by atoms with Crippen LogP contribution in [0.1, 0.15) is 63.7 Å². The van der Waals surface area contributed by atoms with Gasteiger partial charge in [0.2, 0.25) is 0 Å². The highest BCUT2D eigenvalue weighted by Crippen LogP contribution is 2.35. The van der Waals surface area contributed by atoms with Gasteiger partial charge in [-0.2, -0.15) is 0 Å². The molecular weight excluding hydrogens is 340 g/mol. The third-order valence-electron chi connectivity index (χ3n) is 4.16. The molecule has 0 radical (unpaired) electrons. The molecule has 0 saturated heterocycles. The smallest absolute Gasteiger partial charge is 0.156 e. The van der Waals surface area contributed by atoms with Crippen molar-refractivity contribution in [2.24, 2.45) is 0 Å². The first-order valence-corrected chi connectivity index (χ1v) is 9.37. The summed E-state index contributed by atoms with van der Waals surface area (Å²) in [6.45, 7) is 12.2.